The molecule has 0 spiro atoms. The minimum atomic E-state index is -4.02. The average Bonchev–Trinajstić information content (AvgIpc) is 2.62. The van der Waals surface area contributed by atoms with Crippen molar-refractivity contribution in [1.82, 2.24) is 0 Å². The van der Waals surface area contributed by atoms with Crippen LogP contribution in [0.5, 0.6) is 0 Å². The van der Waals surface area contributed by atoms with Gasteiger partial charge in [0.05, 0.1) is 4.90 Å². The molecule has 0 fully saturated rings. The molecule has 0 amide bonds. The SMILES string of the molecule is O=S(=O)(Nc1ccc2cc3ccccc3cc2c1)c1ccc(F)c(F)c1. The summed E-state index contributed by atoms with van der Waals surface area (Å²) in [7, 11) is -4.02. The second kappa shape index (κ2) is 6.07. The molecule has 0 radical (unpaired) electrons. The van der Waals surface area contributed by atoms with Crippen LogP contribution >= 0.6 is 0 Å². The molecule has 130 valence electrons. The van der Waals surface area contributed by atoms with Gasteiger partial charge >= 0.3 is 0 Å². The molecule has 0 atom stereocenters. The number of halogens is 2. The lowest BCUT2D eigenvalue weighted by Gasteiger charge is -2.10. The molecular weight excluding hydrogens is 356 g/mol. The first-order valence-electron chi connectivity index (χ1n) is 7.83. The Bertz CT molecular complexity index is 1250. The predicted octanol–water partition coefficient (Wildman–Crippen LogP) is 5.07. The monoisotopic (exact) mass is 369 g/mol. The van der Waals surface area contributed by atoms with Crippen molar-refractivity contribution in [3.63, 3.8) is 0 Å². The van der Waals surface area contributed by atoms with E-state index in [-0.39, 0.29) is 4.90 Å². The van der Waals surface area contributed by atoms with Crippen molar-refractivity contribution in [2.24, 2.45) is 0 Å². The maximum atomic E-state index is 13.3. The van der Waals surface area contributed by atoms with Crippen molar-refractivity contribution >= 4 is 37.3 Å². The number of benzene rings is 4. The first kappa shape index (κ1) is 16.5. The smallest absolute Gasteiger partial charge is 0.261 e. The number of hydrogen-bond acceptors (Lipinski definition) is 2. The van der Waals surface area contributed by atoms with Crippen LogP contribution in [0.4, 0.5) is 14.5 Å². The Labute approximate surface area is 148 Å². The van der Waals surface area contributed by atoms with Gasteiger partial charge < -0.3 is 0 Å². The van der Waals surface area contributed by atoms with Crippen LogP contribution < -0.4 is 4.72 Å². The fourth-order valence-electron chi connectivity index (χ4n) is 2.86. The van der Waals surface area contributed by atoms with Gasteiger partial charge in [0.2, 0.25) is 0 Å². The molecule has 4 aromatic carbocycles. The van der Waals surface area contributed by atoms with E-state index in [0.29, 0.717) is 11.8 Å². The quantitative estimate of drug-likeness (QED) is 0.512. The molecule has 0 aromatic heterocycles. The molecule has 0 bridgehead atoms. The summed E-state index contributed by atoms with van der Waals surface area (Å²) < 4.78 is 53.6. The van der Waals surface area contributed by atoms with Crippen LogP contribution in [0, 0.1) is 11.6 Å². The minimum Gasteiger partial charge on any atom is -0.280 e. The van der Waals surface area contributed by atoms with Crippen molar-refractivity contribution in [3.05, 3.63) is 84.4 Å². The summed E-state index contributed by atoms with van der Waals surface area (Å²) in [5.74, 6) is -2.31. The van der Waals surface area contributed by atoms with Gasteiger partial charge in [-0.2, -0.15) is 0 Å². The van der Waals surface area contributed by atoms with E-state index < -0.39 is 21.7 Å². The summed E-state index contributed by atoms with van der Waals surface area (Å²) in [6.45, 7) is 0. The molecule has 1 N–H and O–H groups in total. The van der Waals surface area contributed by atoms with Gasteiger partial charge in [0.25, 0.3) is 10.0 Å². The first-order valence-corrected chi connectivity index (χ1v) is 9.31. The normalized spacial score (nSPS) is 11.8. The lowest BCUT2D eigenvalue weighted by Crippen LogP contribution is -2.13. The zero-order valence-electron chi connectivity index (χ0n) is 13.4. The fraction of sp³-hybridized carbons (Fsp3) is 0. The molecule has 4 rings (SSSR count). The summed E-state index contributed by atoms with van der Waals surface area (Å²) in [6.07, 6.45) is 0. The molecule has 0 aliphatic heterocycles. The number of sulfonamides is 1. The van der Waals surface area contributed by atoms with Gasteiger partial charge in [0.15, 0.2) is 11.6 Å². The third-order valence-corrected chi connectivity index (χ3v) is 5.54. The van der Waals surface area contributed by atoms with E-state index in [2.05, 4.69) is 4.72 Å². The van der Waals surface area contributed by atoms with Gasteiger partial charge in [-0.3, -0.25) is 4.72 Å². The minimum absolute atomic E-state index is 0.338. The zero-order chi connectivity index (χ0) is 18.3. The van der Waals surface area contributed by atoms with Gasteiger partial charge in [-0.25, -0.2) is 17.2 Å². The zero-order valence-corrected chi connectivity index (χ0v) is 14.2. The Morgan fingerprint density at radius 3 is 2.00 bits per heavy atom. The predicted molar refractivity (Wildman–Crippen MR) is 98.6 cm³/mol. The number of anilines is 1. The summed E-state index contributed by atoms with van der Waals surface area (Å²) in [5.41, 5.74) is 0.345. The van der Waals surface area contributed by atoms with Crippen LogP contribution in [-0.2, 0) is 10.0 Å². The third-order valence-electron chi connectivity index (χ3n) is 4.16. The first-order chi connectivity index (χ1) is 12.4. The molecular formula is C20H13F2NO2S. The average molecular weight is 369 g/mol. The largest absolute Gasteiger partial charge is 0.280 e. The number of rotatable bonds is 3. The highest BCUT2D eigenvalue weighted by molar-refractivity contribution is 7.92. The Kier molecular flexibility index (Phi) is 3.85. The van der Waals surface area contributed by atoms with Gasteiger partial charge in [-0.15, -0.1) is 0 Å². The van der Waals surface area contributed by atoms with E-state index >= 15 is 0 Å². The van der Waals surface area contributed by atoms with Crippen LogP contribution in [0.25, 0.3) is 21.5 Å². The van der Waals surface area contributed by atoms with E-state index in [9.17, 15) is 17.2 Å². The van der Waals surface area contributed by atoms with E-state index in [0.717, 1.165) is 33.7 Å². The molecule has 0 unspecified atom stereocenters. The standard InChI is InChI=1S/C20H13F2NO2S/c21-19-8-7-18(12-20(19)22)26(24,25)23-17-6-5-15-9-13-3-1-2-4-14(13)10-16(15)11-17/h1-12,23H. The van der Waals surface area contributed by atoms with Crippen LogP contribution in [0.2, 0.25) is 0 Å². The van der Waals surface area contributed by atoms with E-state index in [1.165, 1.54) is 0 Å². The molecule has 0 saturated carbocycles. The summed E-state index contributed by atoms with van der Waals surface area (Å²) >= 11 is 0. The van der Waals surface area contributed by atoms with Crippen LogP contribution in [-0.4, -0.2) is 8.42 Å². The molecule has 0 heterocycles. The highest BCUT2D eigenvalue weighted by Crippen LogP contribution is 2.26. The van der Waals surface area contributed by atoms with Crippen molar-refractivity contribution in [1.29, 1.82) is 0 Å². The van der Waals surface area contributed by atoms with Gasteiger partial charge in [-0.05, 0) is 64.0 Å². The van der Waals surface area contributed by atoms with Gasteiger partial charge in [0, 0.05) is 5.69 Å². The van der Waals surface area contributed by atoms with Crippen LogP contribution in [0.15, 0.2) is 77.7 Å². The molecule has 0 saturated heterocycles. The maximum absolute atomic E-state index is 13.3. The van der Waals surface area contributed by atoms with Crippen molar-refractivity contribution in [2.45, 2.75) is 4.90 Å². The van der Waals surface area contributed by atoms with E-state index in [1.54, 1.807) is 12.1 Å². The lowest BCUT2D eigenvalue weighted by atomic mass is 10.0. The molecule has 4 aromatic rings. The van der Waals surface area contributed by atoms with Crippen LogP contribution in [0.3, 0.4) is 0 Å². The molecule has 0 aliphatic carbocycles. The van der Waals surface area contributed by atoms with E-state index in [1.807, 2.05) is 42.5 Å². The molecule has 26 heavy (non-hydrogen) atoms. The maximum Gasteiger partial charge on any atom is 0.261 e. The number of fused-ring (bicyclic) bond motifs is 2. The number of nitrogens with one attached hydrogen (secondary N) is 1. The Morgan fingerprint density at radius 2 is 1.31 bits per heavy atom. The third kappa shape index (κ3) is 2.99. The Balaban J connectivity index is 1.74. The fourth-order valence-corrected chi connectivity index (χ4v) is 3.92. The molecule has 3 nitrogen and oxygen atoms in total. The second-order valence-corrected chi connectivity index (χ2v) is 7.63. The summed E-state index contributed by atoms with van der Waals surface area (Å²) in [6, 6.07) is 19.5. The Hall–Kier alpha value is -2.99. The van der Waals surface area contributed by atoms with Crippen molar-refractivity contribution in [2.75, 3.05) is 4.72 Å². The topological polar surface area (TPSA) is 46.2 Å². The van der Waals surface area contributed by atoms with Gasteiger partial charge in [-0.1, -0.05) is 30.3 Å². The van der Waals surface area contributed by atoms with Crippen LogP contribution in [0.1, 0.15) is 0 Å². The second-order valence-electron chi connectivity index (χ2n) is 5.94. The highest BCUT2D eigenvalue weighted by Gasteiger charge is 2.17. The van der Waals surface area contributed by atoms with E-state index in [4.69, 9.17) is 0 Å². The highest BCUT2D eigenvalue weighted by atomic mass is 32.2. The Morgan fingerprint density at radius 1 is 0.654 bits per heavy atom. The number of hydrogen-bond donors (Lipinski definition) is 1. The summed E-state index contributed by atoms with van der Waals surface area (Å²) in [4.78, 5) is -0.338. The molecule has 0 aliphatic rings. The molecule has 6 heteroatoms. The van der Waals surface area contributed by atoms with Gasteiger partial charge in [0.1, 0.15) is 0 Å². The lowest BCUT2D eigenvalue weighted by molar-refractivity contribution is 0.504. The van der Waals surface area contributed by atoms with Crippen molar-refractivity contribution < 1.29 is 17.2 Å². The summed E-state index contributed by atoms with van der Waals surface area (Å²) in [5, 5.41) is 3.98. The van der Waals surface area contributed by atoms with Crippen molar-refractivity contribution in [3.8, 4) is 0 Å².